The van der Waals surface area contributed by atoms with Gasteiger partial charge in [0.15, 0.2) is 6.19 Å². The summed E-state index contributed by atoms with van der Waals surface area (Å²) >= 11 is 0. The first-order valence-electron chi connectivity index (χ1n) is 3.68. The van der Waals surface area contributed by atoms with Crippen molar-refractivity contribution in [3.63, 3.8) is 0 Å². The first kappa shape index (κ1) is 6.86. The molecule has 1 aromatic rings. The topological polar surface area (TPSA) is 39.4 Å². The summed E-state index contributed by atoms with van der Waals surface area (Å²) < 4.78 is 0. The lowest BCUT2D eigenvalue weighted by Crippen LogP contribution is -2.17. The highest BCUT2D eigenvalue weighted by molar-refractivity contribution is 5.68. The first-order chi connectivity index (χ1) is 5.90. The molecule has 3 heteroatoms. The molecule has 0 aliphatic carbocycles. The molecule has 3 nitrogen and oxygen atoms in total. The fraction of sp³-hybridized carbons (Fsp3) is 0.111. The smallest absolute Gasteiger partial charge is 0.185 e. The second-order valence-electron chi connectivity index (χ2n) is 2.60. The Morgan fingerprint density at radius 3 is 3.08 bits per heavy atom. The third-order valence-electron chi connectivity index (χ3n) is 1.80. The summed E-state index contributed by atoms with van der Waals surface area (Å²) in [4.78, 5) is 5.63. The van der Waals surface area contributed by atoms with Gasteiger partial charge in [-0.3, -0.25) is 4.90 Å². The van der Waals surface area contributed by atoms with E-state index in [9.17, 15) is 0 Å². The van der Waals surface area contributed by atoms with Crippen LogP contribution in [0.15, 0.2) is 29.3 Å². The van der Waals surface area contributed by atoms with Crippen molar-refractivity contribution in [1.82, 2.24) is 4.90 Å². The average molecular weight is 157 g/mol. The summed E-state index contributed by atoms with van der Waals surface area (Å²) in [6.07, 6.45) is 3.59. The Labute approximate surface area is 70.6 Å². The van der Waals surface area contributed by atoms with Gasteiger partial charge < -0.3 is 0 Å². The molecule has 12 heavy (non-hydrogen) atoms. The van der Waals surface area contributed by atoms with Crippen molar-refractivity contribution >= 4 is 12.0 Å². The van der Waals surface area contributed by atoms with Gasteiger partial charge in [0.2, 0.25) is 0 Å². The molecule has 1 heterocycles. The normalized spacial score (nSPS) is 13.8. The molecule has 0 bridgehead atoms. The number of nitriles is 1. The van der Waals surface area contributed by atoms with Gasteiger partial charge in [-0.05, 0) is 11.6 Å². The summed E-state index contributed by atoms with van der Waals surface area (Å²) in [5, 5.41) is 8.60. The predicted molar refractivity (Wildman–Crippen MR) is 45.8 cm³/mol. The molecule has 0 unspecified atom stereocenters. The van der Waals surface area contributed by atoms with E-state index in [2.05, 4.69) is 4.99 Å². The molecule has 0 saturated heterocycles. The maximum Gasteiger partial charge on any atom is 0.185 e. The molecule has 0 radical (unpaired) electrons. The average Bonchev–Trinajstić information content (AvgIpc) is 2.17. The van der Waals surface area contributed by atoms with Crippen LogP contribution < -0.4 is 0 Å². The quantitative estimate of drug-likeness (QED) is 0.537. The van der Waals surface area contributed by atoms with Crippen molar-refractivity contribution in [3.05, 3.63) is 29.8 Å². The number of fused-ring (bicyclic) bond motifs is 1. The summed E-state index contributed by atoms with van der Waals surface area (Å²) in [5.41, 5.74) is 2.06. The highest BCUT2D eigenvalue weighted by Crippen LogP contribution is 2.22. The van der Waals surface area contributed by atoms with Crippen LogP contribution in [0.5, 0.6) is 0 Å². The molecule has 0 amide bonds. The number of rotatable bonds is 0. The minimum Gasteiger partial charge on any atom is -0.265 e. The number of aliphatic imine (C=N–C) groups is 1. The summed E-state index contributed by atoms with van der Waals surface area (Å²) in [6.45, 7) is 0.635. The van der Waals surface area contributed by atoms with Crippen LogP contribution >= 0.6 is 0 Å². The number of nitrogens with zero attached hydrogens (tertiary/aromatic N) is 3. The lowest BCUT2D eigenvalue weighted by atomic mass is 10.1. The van der Waals surface area contributed by atoms with Gasteiger partial charge in [0.25, 0.3) is 0 Å². The summed E-state index contributed by atoms with van der Waals surface area (Å²) in [6, 6.07) is 7.82. The second kappa shape index (κ2) is 2.67. The van der Waals surface area contributed by atoms with E-state index >= 15 is 0 Å². The first-order valence-corrected chi connectivity index (χ1v) is 3.68. The van der Waals surface area contributed by atoms with Crippen molar-refractivity contribution in [3.8, 4) is 6.19 Å². The number of para-hydroxylation sites is 1. The molecule has 1 aliphatic rings. The van der Waals surface area contributed by atoms with Crippen LogP contribution in [0.4, 0.5) is 5.69 Å². The van der Waals surface area contributed by atoms with Gasteiger partial charge in [0, 0.05) is 0 Å². The lowest BCUT2D eigenvalue weighted by molar-refractivity contribution is 0.579. The predicted octanol–water partition coefficient (Wildman–Crippen LogP) is 1.64. The molecular weight excluding hydrogens is 150 g/mol. The molecule has 0 spiro atoms. The van der Waals surface area contributed by atoms with Crippen LogP contribution in [0.25, 0.3) is 0 Å². The van der Waals surface area contributed by atoms with Crippen molar-refractivity contribution in [2.24, 2.45) is 4.99 Å². The van der Waals surface area contributed by atoms with Gasteiger partial charge in [0.1, 0.15) is 6.34 Å². The Hall–Kier alpha value is -1.82. The Bertz CT molecular complexity index is 362. The highest BCUT2D eigenvalue weighted by atomic mass is 15.2. The largest absolute Gasteiger partial charge is 0.265 e. The van der Waals surface area contributed by atoms with Crippen LogP contribution in [0.3, 0.4) is 0 Å². The lowest BCUT2D eigenvalue weighted by Gasteiger charge is -2.15. The van der Waals surface area contributed by atoms with Crippen LogP contribution in [0.1, 0.15) is 5.56 Å². The van der Waals surface area contributed by atoms with Gasteiger partial charge >= 0.3 is 0 Å². The molecule has 0 N–H and O–H groups in total. The van der Waals surface area contributed by atoms with Crippen LogP contribution in [0, 0.1) is 11.5 Å². The molecule has 2 rings (SSSR count). The SMILES string of the molecule is N#CN1C=Nc2ccccc2C1. The zero-order chi connectivity index (χ0) is 8.39. The zero-order valence-corrected chi connectivity index (χ0v) is 6.44. The van der Waals surface area contributed by atoms with Crippen molar-refractivity contribution < 1.29 is 0 Å². The van der Waals surface area contributed by atoms with Gasteiger partial charge in [0.05, 0.1) is 12.2 Å². The van der Waals surface area contributed by atoms with Crippen molar-refractivity contribution in [1.29, 1.82) is 5.26 Å². The Morgan fingerprint density at radius 1 is 1.42 bits per heavy atom. The molecule has 1 aromatic carbocycles. The molecule has 58 valence electrons. The minimum absolute atomic E-state index is 0.635. The van der Waals surface area contributed by atoms with E-state index in [-0.39, 0.29) is 0 Å². The molecule has 0 fully saturated rings. The van der Waals surface area contributed by atoms with E-state index < -0.39 is 0 Å². The third-order valence-corrected chi connectivity index (χ3v) is 1.80. The summed E-state index contributed by atoms with van der Waals surface area (Å²) in [5.74, 6) is 0. The molecule has 0 aromatic heterocycles. The monoisotopic (exact) mass is 157 g/mol. The maximum atomic E-state index is 8.60. The second-order valence-corrected chi connectivity index (χ2v) is 2.60. The molecular formula is C9H7N3. The fourth-order valence-electron chi connectivity index (χ4n) is 1.19. The molecule has 0 atom stereocenters. The Kier molecular flexibility index (Phi) is 1.52. The van der Waals surface area contributed by atoms with E-state index in [4.69, 9.17) is 5.26 Å². The molecule has 0 saturated carbocycles. The van der Waals surface area contributed by atoms with Gasteiger partial charge in [-0.2, -0.15) is 5.26 Å². The third kappa shape index (κ3) is 1.04. The van der Waals surface area contributed by atoms with Crippen molar-refractivity contribution in [2.45, 2.75) is 6.54 Å². The van der Waals surface area contributed by atoms with E-state index in [1.807, 2.05) is 30.5 Å². The fourth-order valence-corrected chi connectivity index (χ4v) is 1.19. The summed E-state index contributed by atoms with van der Waals surface area (Å²) in [7, 11) is 0. The van der Waals surface area contributed by atoms with E-state index in [1.54, 1.807) is 6.34 Å². The zero-order valence-electron chi connectivity index (χ0n) is 6.44. The highest BCUT2D eigenvalue weighted by Gasteiger charge is 2.08. The standard InChI is InChI=1S/C9H7N3/c10-6-12-5-8-3-1-2-4-9(8)11-7-12/h1-4,7H,5H2. The van der Waals surface area contributed by atoms with Crippen LogP contribution in [-0.2, 0) is 6.54 Å². The Morgan fingerprint density at radius 2 is 2.25 bits per heavy atom. The number of hydrogen-bond donors (Lipinski definition) is 0. The van der Waals surface area contributed by atoms with Gasteiger partial charge in [-0.15, -0.1) is 0 Å². The van der Waals surface area contributed by atoms with E-state index in [0.717, 1.165) is 11.3 Å². The van der Waals surface area contributed by atoms with Crippen LogP contribution in [-0.4, -0.2) is 11.2 Å². The van der Waals surface area contributed by atoms with Crippen LogP contribution in [0.2, 0.25) is 0 Å². The Balaban J connectivity index is 2.41. The minimum atomic E-state index is 0.635. The number of hydrogen-bond acceptors (Lipinski definition) is 3. The van der Waals surface area contributed by atoms with Gasteiger partial charge in [-0.1, -0.05) is 18.2 Å². The molecule has 1 aliphatic heterocycles. The van der Waals surface area contributed by atoms with Crippen molar-refractivity contribution in [2.75, 3.05) is 0 Å². The number of benzene rings is 1. The van der Waals surface area contributed by atoms with E-state index in [1.165, 1.54) is 4.90 Å². The van der Waals surface area contributed by atoms with Gasteiger partial charge in [-0.25, -0.2) is 4.99 Å². The maximum absolute atomic E-state index is 8.60. The van der Waals surface area contributed by atoms with E-state index in [0.29, 0.717) is 6.54 Å².